The third-order valence-corrected chi connectivity index (χ3v) is 5.30. The number of benzene rings is 1. The van der Waals surface area contributed by atoms with Gasteiger partial charge in [0.2, 0.25) is 0 Å². The Morgan fingerprint density at radius 2 is 1.90 bits per heavy atom. The third kappa shape index (κ3) is 3.85. The van der Waals surface area contributed by atoms with Crippen molar-refractivity contribution in [3.8, 4) is 0 Å². The van der Waals surface area contributed by atoms with Gasteiger partial charge in [-0.3, -0.25) is 14.8 Å². The zero-order chi connectivity index (χ0) is 21.6. The molecule has 0 aliphatic carbocycles. The zero-order valence-corrected chi connectivity index (χ0v) is 16.4. The number of rotatable bonds is 4. The van der Waals surface area contributed by atoms with Gasteiger partial charge in [-0.1, -0.05) is 17.7 Å². The van der Waals surface area contributed by atoms with Crippen LogP contribution in [0.5, 0.6) is 0 Å². The van der Waals surface area contributed by atoms with Crippen molar-refractivity contribution in [1.82, 2.24) is 4.98 Å². The lowest BCUT2D eigenvalue weighted by Gasteiger charge is -2.42. The van der Waals surface area contributed by atoms with Crippen molar-refractivity contribution in [2.45, 2.75) is 43.8 Å². The van der Waals surface area contributed by atoms with Crippen molar-refractivity contribution in [2.75, 3.05) is 0 Å². The molecule has 1 aromatic carbocycles. The van der Waals surface area contributed by atoms with Crippen LogP contribution in [0.15, 0.2) is 41.5 Å². The van der Waals surface area contributed by atoms with Gasteiger partial charge in [-0.25, -0.2) is 17.6 Å². The summed E-state index contributed by atoms with van der Waals surface area (Å²) >= 11 is 5.74. The van der Waals surface area contributed by atoms with Crippen LogP contribution < -0.4 is 5.73 Å². The van der Waals surface area contributed by atoms with Gasteiger partial charge in [0, 0.05) is 18.2 Å². The molecule has 0 bridgehead atoms. The average Bonchev–Trinajstić information content (AvgIpc) is 2.61. The number of halogens is 5. The number of carbonyl (C=O) groups excluding carboxylic acids is 1. The van der Waals surface area contributed by atoms with E-state index in [1.165, 1.54) is 24.4 Å². The van der Waals surface area contributed by atoms with Crippen molar-refractivity contribution in [3.63, 3.8) is 0 Å². The zero-order valence-electron chi connectivity index (χ0n) is 15.6. The second-order valence-corrected chi connectivity index (χ2v) is 7.86. The Kier molecular flexibility index (Phi) is 5.19. The number of carbonyl (C=O) groups is 1. The topological polar surface area (TPSA) is 68.3 Å². The minimum absolute atomic E-state index is 0.130. The summed E-state index contributed by atoms with van der Waals surface area (Å²) in [4.78, 5) is 20.0. The van der Waals surface area contributed by atoms with Crippen LogP contribution in [0, 0.1) is 5.82 Å². The van der Waals surface area contributed by atoms with E-state index in [4.69, 9.17) is 17.3 Å². The molecule has 2 N–H and O–H groups in total. The van der Waals surface area contributed by atoms with E-state index < -0.39 is 46.6 Å². The van der Waals surface area contributed by atoms with Gasteiger partial charge in [0.25, 0.3) is 5.92 Å². The maximum Gasteiger partial charge on any atom is 0.280 e. The summed E-state index contributed by atoms with van der Waals surface area (Å²) in [5.74, 6) is -5.69. The highest BCUT2D eigenvalue weighted by molar-refractivity contribution is 6.30. The Bertz CT molecular complexity index is 992. The van der Waals surface area contributed by atoms with Crippen molar-refractivity contribution in [3.05, 3.63) is 64.2 Å². The summed E-state index contributed by atoms with van der Waals surface area (Å²) in [7, 11) is 0. The predicted octanol–water partition coefficient (Wildman–Crippen LogP) is 4.64. The fraction of sp³-hybridized carbons (Fsp3) is 0.350. The number of nitrogens with zero attached hydrogens (tertiary/aromatic N) is 2. The Morgan fingerprint density at radius 3 is 2.52 bits per heavy atom. The maximum absolute atomic E-state index is 14.8. The molecule has 1 aliphatic heterocycles. The molecule has 0 radical (unpaired) electrons. The molecule has 154 valence electrons. The van der Waals surface area contributed by atoms with Crippen LogP contribution in [0.25, 0.3) is 0 Å². The molecule has 0 unspecified atom stereocenters. The smallest absolute Gasteiger partial charge is 0.280 e. The first-order chi connectivity index (χ1) is 13.4. The van der Waals surface area contributed by atoms with Gasteiger partial charge >= 0.3 is 0 Å². The average molecular weight is 428 g/mol. The van der Waals surface area contributed by atoms with Gasteiger partial charge in [0.1, 0.15) is 17.3 Å². The van der Waals surface area contributed by atoms with Crippen LogP contribution in [0.3, 0.4) is 0 Å². The molecular weight excluding hydrogens is 410 g/mol. The molecule has 1 aliphatic rings. The van der Waals surface area contributed by atoms with E-state index in [0.29, 0.717) is 5.02 Å². The number of hydrogen-bond donors (Lipinski definition) is 1. The first-order valence-electron chi connectivity index (χ1n) is 8.72. The van der Waals surface area contributed by atoms with E-state index in [2.05, 4.69) is 9.98 Å². The Morgan fingerprint density at radius 1 is 1.21 bits per heavy atom. The fourth-order valence-electron chi connectivity index (χ4n) is 3.25. The Hall–Kier alpha value is -2.48. The minimum Gasteiger partial charge on any atom is -0.385 e. The quantitative estimate of drug-likeness (QED) is 0.571. The van der Waals surface area contributed by atoms with Crippen LogP contribution >= 0.6 is 11.6 Å². The number of ketones is 1. The summed E-state index contributed by atoms with van der Waals surface area (Å²) in [6.07, 6.45) is -0.132. The Labute approximate surface area is 169 Å². The normalized spacial score (nSPS) is 26.1. The largest absolute Gasteiger partial charge is 0.385 e. The van der Waals surface area contributed by atoms with Gasteiger partial charge in [0.15, 0.2) is 17.0 Å². The number of alkyl halides is 3. The first kappa shape index (κ1) is 21.2. The van der Waals surface area contributed by atoms with Crippen LogP contribution in [0.4, 0.5) is 17.6 Å². The molecule has 1 aromatic heterocycles. The highest BCUT2D eigenvalue weighted by Gasteiger charge is 2.60. The summed E-state index contributed by atoms with van der Waals surface area (Å²) in [5, 5.41) is 0.355. The van der Waals surface area contributed by atoms with E-state index in [1.807, 2.05) is 0 Å². The molecule has 2 heterocycles. The molecule has 0 fully saturated rings. The van der Waals surface area contributed by atoms with Crippen LogP contribution in [0.2, 0.25) is 5.02 Å². The van der Waals surface area contributed by atoms with E-state index >= 15 is 0 Å². The van der Waals surface area contributed by atoms with Crippen LogP contribution in [-0.2, 0) is 12.0 Å². The molecule has 0 saturated heterocycles. The summed E-state index contributed by atoms with van der Waals surface area (Å²) in [6, 6.07) is 6.34. The number of pyridine rings is 1. The standard InChI is InChI=1S/C20H18ClF4N3O/c1-18(23)10-20(24,25)19(2,28-17(18)26)13-7-11(3-5-14(13)22)8-16(29)15-6-4-12(21)9-27-15/h3-7,9H,8,10H2,1-2H3,(H2,26,28)/t18-,19-/m1/s1. The molecule has 2 atom stereocenters. The molecule has 9 heteroatoms. The summed E-state index contributed by atoms with van der Waals surface area (Å²) in [6.45, 7) is 1.91. The van der Waals surface area contributed by atoms with Gasteiger partial charge in [0.05, 0.1) is 11.4 Å². The van der Waals surface area contributed by atoms with Crippen LogP contribution in [-0.4, -0.2) is 28.2 Å². The monoisotopic (exact) mass is 427 g/mol. The predicted molar refractivity (Wildman–Crippen MR) is 102 cm³/mol. The first-order valence-corrected chi connectivity index (χ1v) is 9.10. The van der Waals surface area contributed by atoms with Gasteiger partial charge in [-0.2, -0.15) is 0 Å². The van der Waals surface area contributed by atoms with Crippen molar-refractivity contribution >= 4 is 23.2 Å². The van der Waals surface area contributed by atoms with Gasteiger partial charge in [-0.05, 0) is 43.7 Å². The SMILES string of the molecule is C[C@@]1(F)CC(F)(F)[C@@](C)(c2cc(CC(=O)c3ccc(Cl)cn3)ccc2F)N=C1N. The molecule has 0 amide bonds. The van der Waals surface area contributed by atoms with Crippen molar-refractivity contribution < 1.29 is 22.4 Å². The molecule has 0 saturated carbocycles. The minimum atomic E-state index is -3.71. The second-order valence-electron chi connectivity index (χ2n) is 7.42. The number of Topliss-reactive ketones (excluding diaryl/α,β-unsaturated/α-hetero) is 1. The lowest BCUT2D eigenvalue weighted by molar-refractivity contribution is -0.106. The van der Waals surface area contributed by atoms with Crippen molar-refractivity contribution in [1.29, 1.82) is 0 Å². The number of aliphatic imine (C=N–C) groups is 1. The lowest BCUT2D eigenvalue weighted by Crippen LogP contribution is -2.56. The maximum atomic E-state index is 14.8. The molecule has 3 rings (SSSR count). The third-order valence-electron chi connectivity index (χ3n) is 5.08. The molecule has 2 aromatic rings. The van der Waals surface area contributed by atoms with Crippen LogP contribution in [0.1, 0.15) is 41.9 Å². The van der Waals surface area contributed by atoms with E-state index in [9.17, 15) is 22.4 Å². The molecule has 4 nitrogen and oxygen atoms in total. The number of hydrogen-bond acceptors (Lipinski definition) is 4. The fourth-order valence-corrected chi connectivity index (χ4v) is 3.36. The second kappa shape index (κ2) is 7.09. The lowest BCUT2D eigenvalue weighted by atomic mass is 9.77. The number of amidine groups is 1. The van der Waals surface area contributed by atoms with E-state index in [1.54, 1.807) is 0 Å². The highest BCUT2D eigenvalue weighted by Crippen LogP contribution is 2.50. The Balaban J connectivity index is 2.00. The van der Waals surface area contributed by atoms with Gasteiger partial charge in [-0.15, -0.1) is 0 Å². The molecule has 29 heavy (non-hydrogen) atoms. The summed E-state index contributed by atoms with van der Waals surface area (Å²) < 4.78 is 58.5. The highest BCUT2D eigenvalue weighted by atomic mass is 35.5. The number of aromatic nitrogens is 1. The summed E-state index contributed by atoms with van der Waals surface area (Å²) in [5.41, 5.74) is 0.578. The molecule has 0 spiro atoms. The number of nitrogens with two attached hydrogens (primary N) is 1. The molecular formula is C20H18ClF4N3O. The van der Waals surface area contributed by atoms with E-state index in [-0.39, 0.29) is 17.7 Å². The van der Waals surface area contributed by atoms with Crippen molar-refractivity contribution in [2.24, 2.45) is 10.7 Å². The van der Waals surface area contributed by atoms with Gasteiger partial charge < -0.3 is 5.73 Å². The van der Waals surface area contributed by atoms with E-state index in [0.717, 1.165) is 26.0 Å².